The molecule has 2 rings (SSSR count). The Morgan fingerprint density at radius 2 is 2.14 bits per heavy atom. The topological polar surface area (TPSA) is 81.4 Å². The molecule has 0 unspecified atom stereocenters. The summed E-state index contributed by atoms with van der Waals surface area (Å²) in [6, 6.07) is 2.15. The summed E-state index contributed by atoms with van der Waals surface area (Å²) in [5.41, 5.74) is 5.76. The molecule has 21 heavy (non-hydrogen) atoms. The third-order valence-electron chi connectivity index (χ3n) is 3.15. The standard InChI is InChI=1S/C13H18BrFN2O3S/c14-10-6-11(15)13(7-12(10)16)21(18,19)17-4-1-5-20-8-9-2-3-9/h6-7,9,17H,1-5,8,16H2. The first-order chi connectivity index (χ1) is 9.90. The number of anilines is 1. The molecule has 0 heterocycles. The second kappa shape index (κ2) is 7.04. The maximum Gasteiger partial charge on any atom is 0.243 e. The molecule has 5 nitrogen and oxygen atoms in total. The van der Waals surface area contributed by atoms with Crippen molar-refractivity contribution in [3.63, 3.8) is 0 Å². The van der Waals surface area contributed by atoms with Gasteiger partial charge in [0.2, 0.25) is 10.0 Å². The van der Waals surface area contributed by atoms with Gasteiger partial charge in [0.1, 0.15) is 10.7 Å². The lowest BCUT2D eigenvalue weighted by atomic mass is 10.3. The van der Waals surface area contributed by atoms with Gasteiger partial charge in [-0.05, 0) is 53.2 Å². The van der Waals surface area contributed by atoms with Crippen LogP contribution >= 0.6 is 15.9 Å². The zero-order valence-electron chi connectivity index (χ0n) is 11.4. The minimum absolute atomic E-state index is 0.171. The Labute approximate surface area is 132 Å². The van der Waals surface area contributed by atoms with E-state index in [-0.39, 0.29) is 12.2 Å². The molecule has 1 aromatic rings. The van der Waals surface area contributed by atoms with Crippen molar-refractivity contribution in [2.45, 2.75) is 24.2 Å². The number of hydrogen-bond acceptors (Lipinski definition) is 4. The van der Waals surface area contributed by atoms with Gasteiger partial charge in [0, 0.05) is 29.9 Å². The van der Waals surface area contributed by atoms with Crippen LogP contribution in [0.5, 0.6) is 0 Å². The first-order valence-electron chi connectivity index (χ1n) is 6.72. The Morgan fingerprint density at radius 3 is 2.81 bits per heavy atom. The van der Waals surface area contributed by atoms with Crippen LogP contribution in [0.4, 0.5) is 10.1 Å². The average molecular weight is 381 g/mol. The second-order valence-electron chi connectivity index (χ2n) is 5.07. The van der Waals surface area contributed by atoms with E-state index >= 15 is 0 Å². The number of nitrogens with two attached hydrogens (primary N) is 1. The fourth-order valence-corrected chi connectivity index (χ4v) is 3.23. The minimum Gasteiger partial charge on any atom is -0.398 e. The van der Waals surface area contributed by atoms with E-state index in [0.717, 1.165) is 18.7 Å². The van der Waals surface area contributed by atoms with Crippen molar-refractivity contribution >= 4 is 31.6 Å². The van der Waals surface area contributed by atoms with Crippen LogP contribution in [0.3, 0.4) is 0 Å². The van der Waals surface area contributed by atoms with Crippen molar-refractivity contribution in [2.75, 3.05) is 25.5 Å². The number of ether oxygens (including phenoxy) is 1. The van der Waals surface area contributed by atoms with Crippen molar-refractivity contribution in [1.29, 1.82) is 0 Å². The highest BCUT2D eigenvalue weighted by Gasteiger charge is 2.21. The number of sulfonamides is 1. The van der Waals surface area contributed by atoms with Crippen LogP contribution in [-0.2, 0) is 14.8 Å². The van der Waals surface area contributed by atoms with Gasteiger partial charge >= 0.3 is 0 Å². The molecule has 1 saturated carbocycles. The summed E-state index contributed by atoms with van der Waals surface area (Å²) < 4.78 is 45.8. The molecule has 1 aliphatic rings. The molecule has 0 aromatic heterocycles. The SMILES string of the molecule is Nc1cc(S(=O)(=O)NCCCOCC2CC2)c(F)cc1Br. The monoisotopic (exact) mass is 380 g/mol. The van der Waals surface area contributed by atoms with Crippen LogP contribution in [0.25, 0.3) is 0 Å². The molecule has 0 atom stereocenters. The summed E-state index contributed by atoms with van der Waals surface area (Å²) in [5.74, 6) is -0.157. The van der Waals surface area contributed by atoms with E-state index in [1.807, 2.05) is 0 Å². The summed E-state index contributed by atoms with van der Waals surface area (Å²) in [6.45, 7) is 1.43. The van der Waals surface area contributed by atoms with E-state index in [9.17, 15) is 12.8 Å². The normalized spacial score (nSPS) is 15.3. The molecular formula is C13H18BrFN2O3S. The summed E-state index contributed by atoms with van der Waals surface area (Å²) in [5, 5.41) is 0. The largest absolute Gasteiger partial charge is 0.398 e. The molecule has 0 bridgehead atoms. The first kappa shape index (κ1) is 16.7. The smallest absolute Gasteiger partial charge is 0.243 e. The number of hydrogen-bond donors (Lipinski definition) is 2. The summed E-state index contributed by atoms with van der Waals surface area (Å²) in [6.07, 6.45) is 2.98. The van der Waals surface area contributed by atoms with Gasteiger partial charge in [-0.25, -0.2) is 17.5 Å². The van der Waals surface area contributed by atoms with Gasteiger partial charge < -0.3 is 10.5 Å². The van der Waals surface area contributed by atoms with Crippen molar-refractivity contribution < 1.29 is 17.5 Å². The van der Waals surface area contributed by atoms with Gasteiger partial charge in [0.15, 0.2) is 0 Å². The Hall–Kier alpha value is -0.700. The lowest BCUT2D eigenvalue weighted by Crippen LogP contribution is -2.26. The average Bonchev–Trinajstić information content (AvgIpc) is 3.22. The molecule has 0 amide bonds. The molecule has 0 radical (unpaired) electrons. The maximum atomic E-state index is 13.7. The summed E-state index contributed by atoms with van der Waals surface area (Å²) in [7, 11) is -3.90. The van der Waals surface area contributed by atoms with Crippen LogP contribution in [0.15, 0.2) is 21.5 Å². The van der Waals surface area contributed by atoms with Crippen LogP contribution < -0.4 is 10.5 Å². The van der Waals surface area contributed by atoms with E-state index < -0.39 is 20.7 Å². The van der Waals surface area contributed by atoms with E-state index in [0.29, 0.717) is 23.4 Å². The van der Waals surface area contributed by atoms with E-state index in [1.165, 1.54) is 12.8 Å². The highest BCUT2D eigenvalue weighted by atomic mass is 79.9. The quantitative estimate of drug-likeness (QED) is 0.535. The van der Waals surface area contributed by atoms with E-state index in [1.54, 1.807) is 0 Å². The van der Waals surface area contributed by atoms with Crippen molar-refractivity contribution in [3.05, 3.63) is 22.4 Å². The third kappa shape index (κ3) is 4.91. The number of nitrogen functional groups attached to an aromatic ring is 1. The fourth-order valence-electron chi connectivity index (χ4n) is 1.74. The predicted molar refractivity (Wildman–Crippen MR) is 81.9 cm³/mol. The molecule has 3 N–H and O–H groups in total. The second-order valence-corrected chi connectivity index (χ2v) is 7.66. The van der Waals surface area contributed by atoms with Crippen LogP contribution in [0.2, 0.25) is 0 Å². The van der Waals surface area contributed by atoms with Gasteiger partial charge in [0.25, 0.3) is 0 Å². The minimum atomic E-state index is -3.90. The number of nitrogens with one attached hydrogen (secondary N) is 1. The zero-order valence-corrected chi connectivity index (χ0v) is 13.8. The van der Waals surface area contributed by atoms with Crippen LogP contribution in [-0.4, -0.2) is 28.2 Å². The van der Waals surface area contributed by atoms with Crippen molar-refractivity contribution in [2.24, 2.45) is 5.92 Å². The molecule has 118 valence electrons. The molecular weight excluding hydrogens is 363 g/mol. The highest BCUT2D eigenvalue weighted by Crippen LogP contribution is 2.28. The molecule has 1 fully saturated rings. The molecule has 1 aliphatic carbocycles. The molecule has 0 saturated heterocycles. The molecule has 0 aliphatic heterocycles. The van der Waals surface area contributed by atoms with Gasteiger partial charge in [-0.15, -0.1) is 0 Å². The fraction of sp³-hybridized carbons (Fsp3) is 0.538. The highest BCUT2D eigenvalue weighted by molar-refractivity contribution is 9.10. The number of rotatable bonds is 8. The van der Waals surface area contributed by atoms with Gasteiger partial charge in [0.05, 0.1) is 0 Å². The lowest BCUT2D eigenvalue weighted by molar-refractivity contribution is 0.123. The van der Waals surface area contributed by atoms with Gasteiger partial charge in [-0.1, -0.05) is 0 Å². The van der Waals surface area contributed by atoms with E-state index in [2.05, 4.69) is 20.7 Å². The summed E-state index contributed by atoms with van der Waals surface area (Å²) >= 11 is 3.05. The number of benzene rings is 1. The molecule has 0 spiro atoms. The van der Waals surface area contributed by atoms with E-state index in [4.69, 9.17) is 10.5 Å². The third-order valence-corrected chi connectivity index (χ3v) is 5.31. The molecule has 8 heteroatoms. The summed E-state index contributed by atoms with van der Waals surface area (Å²) in [4.78, 5) is -0.443. The van der Waals surface area contributed by atoms with Crippen molar-refractivity contribution in [1.82, 2.24) is 4.72 Å². The Balaban J connectivity index is 1.84. The first-order valence-corrected chi connectivity index (χ1v) is 8.99. The Bertz CT molecular complexity index is 606. The predicted octanol–water partition coefficient (Wildman–Crippen LogP) is 2.27. The number of halogens is 2. The maximum absolute atomic E-state index is 13.7. The Kier molecular flexibility index (Phi) is 5.59. The Morgan fingerprint density at radius 1 is 1.43 bits per heavy atom. The zero-order chi connectivity index (χ0) is 15.5. The van der Waals surface area contributed by atoms with Crippen molar-refractivity contribution in [3.8, 4) is 0 Å². The lowest BCUT2D eigenvalue weighted by Gasteiger charge is -2.09. The molecule has 1 aromatic carbocycles. The van der Waals surface area contributed by atoms with Gasteiger partial charge in [-0.2, -0.15) is 0 Å². The van der Waals surface area contributed by atoms with Gasteiger partial charge in [-0.3, -0.25) is 0 Å². The van der Waals surface area contributed by atoms with Crippen LogP contribution in [0, 0.1) is 11.7 Å². The van der Waals surface area contributed by atoms with Crippen LogP contribution in [0.1, 0.15) is 19.3 Å².